The molecule has 0 bridgehead atoms. The van der Waals surface area contributed by atoms with Gasteiger partial charge in [-0.2, -0.15) is 0 Å². The van der Waals surface area contributed by atoms with Crippen LogP contribution in [0.5, 0.6) is 0 Å². The van der Waals surface area contributed by atoms with Gasteiger partial charge in [-0.15, -0.1) is 0 Å². The van der Waals surface area contributed by atoms with E-state index in [-0.39, 0.29) is 5.41 Å². The van der Waals surface area contributed by atoms with Crippen molar-refractivity contribution in [3.63, 3.8) is 0 Å². The Labute approximate surface area is 247 Å². The molecule has 0 radical (unpaired) electrons. The summed E-state index contributed by atoms with van der Waals surface area (Å²) in [6.07, 6.45) is 9.34. The molecule has 41 heavy (non-hydrogen) atoms. The first-order chi connectivity index (χ1) is 19.9. The van der Waals surface area contributed by atoms with E-state index in [2.05, 4.69) is 94.2 Å². The van der Waals surface area contributed by atoms with E-state index in [1.165, 1.54) is 38.6 Å². The predicted octanol–water partition coefficient (Wildman–Crippen LogP) is 10.8. The number of hydrogen-bond acceptors (Lipinski definition) is 3. The van der Waals surface area contributed by atoms with Crippen molar-refractivity contribution in [2.75, 3.05) is 0 Å². The number of hydrogen-bond donors (Lipinski definition) is 1. The lowest BCUT2D eigenvalue weighted by molar-refractivity contribution is 0.442. The van der Waals surface area contributed by atoms with Gasteiger partial charge in [0.1, 0.15) is 0 Å². The third kappa shape index (κ3) is 6.05. The van der Waals surface area contributed by atoms with Crippen LogP contribution in [0.15, 0.2) is 79.3 Å². The maximum atomic E-state index is 5.92. The molecule has 0 aliphatic carbocycles. The van der Waals surface area contributed by atoms with Gasteiger partial charge in [-0.1, -0.05) is 97.0 Å². The van der Waals surface area contributed by atoms with Crippen LogP contribution in [0.3, 0.4) is 0 Å². The highest BCUT2D eigenvalue weighted by Crippen LogP contribution is 2.44. The first-order valence-corrected chi connectivity index (χ1v) is 15.2. The molecule has 5 aromatic rings. The lowest BCUT2D eigenvalue weighted by atomic mass is 9.75. The summed E-state index contributed by atoms with van der Waals surface area (Å²) in [5.74, 6) is 0. The molecule has 0 unspecified atom stereocenters. The van der Waals surface area contributed by atoms with Crippen LogP contribution in [-0.2, 0) is 5.41 Å². The van der Waals surface area contributed by atoms with Crippen LogP contribution in [0.4, 0.5) is 0 Å². The lowest BCUT2D eigenvalue weighted by Gasteiger charge is -2.30. The average Bonchev–Trinajstić information content (AvgIpc) is 3.03. The van der Waals surface area contributed by atoms with Gasteiger partial charge in [-0.25, -0.2) is 4.98 Å². The Morgan fingerprint density at radius 2 is 1.49 bits per heavy atom. The molecule has 2 N–H and O–H groups in total. The lowest BCUT2D eigenvalue weighted by Crippen LogP contribution is -2.20. The van der Waals surface area contributed by atoms with Crippen LogP contribution in [-0.4, -0.2) is 9.97 Å². The van der Waals surface area contributed by atoms with E-state index in [1.54, 1.807) is 6.20 Å². The van der Waals surface area contributed by atoms with Gasteiger partial charge in [0, 0.05) is 28.7 Å². The van der Waals surface area contributed by atoms with E-state index in [1.807, 2.05) is 52.2 Å². The maximum Gasteiger partial charge on any atom is 0.0759 e. The predicted molar refractivity (Wildman–Crippen MR) is 181 cm³/mol. The highest BCUT2D eigenvalue weighted by atomic mass is 14.7. The molecule has 0 aliphatic heterocycles. The summed E-state index contributed by atoms with van der Waals surface area (Å²) in [6, 6.07) is 21.9. The highest BCUT2D eigenvalue weighted by molar-refractivity contribution is 6.16. The van der Waals surface area contributed by atoms with Crippen LogP contribution in [0, 0.1) is 13.8 Å². The molecule has 0 fully saturated rings. The molecule has 5 rings (SSSR count). The first kappa shape index (κ1) is 31.5. The molecule has 2 heterocycles. The zero-order valence-corrected chi connectivity index (χ0v) is 26.5. The van der Waals surface area contributed by atoms with E-state index >= 15 is 0 Å². The number of pyridine rings is 2. The van der Waals surface area contributed by atoms with Crippen LogP contribution >= 0.6 is 0 Å². The van der Waals surface area contributed by atoms with Crippen molar-refractivity contribution in [1.29, 1.82) is 0 Å². The zero-order valence-electron chi connectivity index (χ0n) is 26.5. The Morgan fingerprint density at radius 1 is 0.805 bits per heavy atom. The van der Waals surface area contributed by atoms with Gasteiger partial charge in [0.05, 0.1) is 11.2 Å². The van der Waals surface area contributed by atoms with Gasteiger partial charge in [-0.3, -0.25) is 4.98 Å². The summed E-state index contributed by atoms with van der Waals surface area (Å²) >= 11 is 0. The Bertz CT molecular complexity index is 1610. The Kier molecular flexibility index (Phi) is 10.8. The number of aryl methyl sites for hydroxylation is 2. The molecule has 0 atom stereocenters. The largest absolute Gasteiger partial charge is 0.405 e. The molecule has 3 heteroatoms. The molecule has 0 amide bonds. The minimum atomic E-state index is 0.0168. The molecule has 0 spiro atoms. The summed E-state index contributed by atoms with van der Waals surface area (Å²) in [5.41, 5.74) is 16.5. The average molecular weight is 546 g/mol. The number of fused-ring (bicyclic) bond motifs is 3. The van der Waals surface area contributed by atoms with Crippen molar-refractivity contribution in [2.24, 2.45) is 5.73 Å². The Hall–Kier alpha value is -3.98. The molecular formula is C38H47N3. The molecular weight excluding hydrogens is 498 g/mol. The number of nitrogens with zero attached hydrogens (tertiary/aromatic N) is 2. The maximum absolute atomic E-state index is 5.92. The van der Waals surface area contributed by atoms with Gasteiger partial charge in [0.25, 0.3) is 0 Å². The summed E-state index contributed by atoms with van der Waals surface area (Å²) in [7, 11) is 0. The SMILES string of the molecule is CC.CC.CCC(C)(CC)c1ccc(-c2c(C)cccc2C)c2c1nc(/C=C\N)c1ccc(-c3cccnc3)cc12. The van der Waals surface area contributed by atoms with Crippen molar-refractivity contribution in [1.82, 2.24) is 9.97 Å². The Balaban J connectivity index is 0.00000111. The summed E-state index contributed by atoms with van der Waals surface area (Å²) < 4.78 is 0. The van der Waals surface area contributed by atoms with E-state index in [0.717, 1.165) is 40.6 Å². The van der Waals surface area contributed by atoms with Gasteiger partial charge in [-0.05, 0) is 95.3 Å². The van der Waals surface area contributed by atoms with Crippen molar-refractivity contribution < 1.29 is 0 Å². The van der Waals surface area contributed by atoms with Gasteiger partial charge in [0.2, 0.25) is 0 Å². The van der Waals surface area contributed by atoms with E-state index in [4.69, 9.17) is 10.7 Å². The standard InChI is InChI=1S/C34H35N3.2C2H6/c1-6-34(5,7-2)29-16-15-27(31-22(3)10-8-11-23(31)4)32-28-20-24(25-12-9-19-36-21-25)13-14-26(28)30(17-18-35)37-33(29)32;2*1-2/h8-21H,6-7,35H2,1-5H3;2*1-2H3/b18-17-;;. The van der Waals surface area contributed by atoms with E-state index in [0.29, 0.717) is 0 Å². The minimum absolute atomic E-state index is 0.0168. The van der Waals surface area contributed by atoms with Gasteiger partial charge < -0.3 is 5.73 Å². The highest BCUT2D eigenvalue weighted by Gasteiger charge is 2.28. The molecule has 3 nitrogen and oxygen atoms in total. The molecule has 214 valence electrons. The molecule has 2 aromatic heterocycles. The third-order valence-electron chi connectivity index (χ3n) is 8.19. The monoisotopic (exact) mass is 545 g/mol. The smallest absolute Gasteiger partial charge is 0.0759 e. The van der Waals surface area contributed by atoms with Crippen LogP contribution < -0.4 is 5.73 Å². The number of rotatable bonds is 6. The van der Waals surface area contributed by atoms with Crippen LogP contribution in [0.2, 0.25) is 0 Å². The second-order valence-electron chi connectivity index (χ2n) is 10.3. The first-order valence-electron chi connectivity index (χ1n) is 15.2. The van der Waals surface area contributed by atoms with Gasteiger partial charge >= 0.3 is 0 Å². The topological polar surface area (TPSA) is 51.8 Å². The Morgan fingerprint density at radius 3 is 2.07 bits per heavy atom. The van der Waals surface area contributed by atoms with Crippen LogP contribution in [0.25, 0.3) is 50.0 Å². The molecule has 0 saturated carbocycles. The van der Waals surface area contributed by atoms with Crippen molar-refractivity contribution >= 4 is 27.8 Å². The number of aromatic nitrogens is 2. The fraction of sp³-hybridized carbons (Fsp3) is 0.316. The molecule has 0 saturated heterocycles. The molecule has 0 aliphatic rings. The van der Waals surface area contributed by atoms with Gasteiger partial charge in [0.15, 0.2) is 0 Å². The fourth-order valence-corrected chi connectivity index (χ4v) is 5.63. The number of benzene rings is 3. The quantitative estimate of drug-likeness (QED) is 0.216. The second-order valence-corrected chi connectivity index (χ2v) is 10.3. The molecule has 3 aromatic carbocycles. The normalized spacial score (nSPS) is 11.2. The summed E-state index contributed by atoms with van der Waals surface area (Å²) in [6.45, 7) is 19.3. The summed E-state index contributed by atoms with van der Waals surface area (Å²) in [5, 5.41) is 3.49. The van der Waals surface area contributed by atoms with Crippen molar-refractivity contribution in [2.45, 2.75) is 80.6 Å². The zero-order chi connectivity index (χ0) is 30.2. The second kappa shape index (κ2) is 14.1. The third-order valence-corrected chi connectivity index (χ3v) is 8.19. The minimum Gasteiger partial charge on any atom is -0.405 e. The van der Waals surface area contributed by atoms with Crippen molar-refractivity contribution in [3.8, 4) is 22.3 Å². The fourth-order valence-electron chi connectivity index (χ4n) is 5.63. The van der Waals surface area contributed by atoms with E-state index in [9.17, 15) is 0 Å². The van der Waals surface area contributed by atoms with Crippen molar-refractivity contribution in [3.05, 3.63) is 102 Å². The van der Waals surface area contributed by atoms with E-state index < -0.39 is 0 Å². The summed E-state index contributed by atoms with van der Waals surface area (Å²) in [4.78, 5) is 9.69. The number of nitrogens with two attached hydrogens (primary N) is 1. The van der Waals surface area contributed by atoms with Crippen LogP contribution in [0.1, 0.15) is 83.7 Å².